The zero-order chi connectivity index (χ0) is 19.6. The topological polar surface area (TPSA) is 105 Å². The molecule has 1 amide bonds. The van der Waals surface area contributed by atoms with Gasteiger partial charge in [0.1, 0.15) is 11.1 Å². The van der Waals surface area contributed by atoms with Crippen LogP contribution in [0.4, 0.5) is 10.7 Å². The molecule has 0 atom stereocenters. The highest BCUT2D eigenvalue weighted by Gasteiger charge is 2.22. The molecule has 6 nitrogen and oxygen atoms in total. The van der Waals surface area contributed by atoms with Crippen LogP contribution in [0, 0.1) is 11.3 Å². The highest BCUT2D eigenvalue weighted by atomic mass is 35.5. The van der Waals surface area contributed by atoms with Crippen LogP contribution in [0.15, 0.2) is 12.1 Å². The molecule has 3 rings (SSSR count). The number of fused-ring (bicyclic) bond motifs is 1. The molecule has 0 fully saturated rings. The number of amides is 1. The zero-order valence-electron chi connectivity index (χ0n) is 14.1. The molecule has 1 aromatic carbocycles. The second-order valence-electron chi connectivity index (χ2n) is 6.00. The Balaban J connectivity index is 1.67. The van der Waals surface area contributed by atoms with Crippen molar-refractivity contribution in [3.8, 4) is 6.07 Å². The van der Waals surface area contributed by atoms with E-state index in [9.17, 15) is 14.9 Å². The molecule has 140 valence electrons. The number of carbonyl (C=O) groups is 2. The van der Waals surface area contributed by atoms with Gasteiger partial charge in [-0.3, -0.25) is 4.79 Å². The molecule has 0 saturated carbocycles. The largest absolute Gasteiger partial charge is 0.452 e. The first-order valence-electron chi connectivity index (χ1n) is 8.16. The summed E-state index contributed by atoms with van der Waals surface area (Å²) < 4.78 is 5.00. The molecule has 0 bridgehead atoms. The van der Waals surface area contributed by atoms with E-state index in [0.717, 1.165) is 36.1 Å². The van der Waals surface area contributed by atoms with Crippen molar-refractivity contribution in [1.82, 2.24) is 0 Å². The molecule has 0 aliphatic heterocycles. The maximum Gasteiger partial charge on any atom is 0.340 e. The molecule has 0 spiro atoms. The standard InChI is InChI=1S/C18H15Cl2N3O3S/c19-9-5-11(16(22)13(20)6-9)18(25)26-8-15(24)23-17-12(7-21)10-3-1-2-4-14(10)27-17/h5-6H,1-4,8,22H2,(H,23,24). The van der Waals surface area contributed by atoms with Crippen molar-refractivity contribution >= 4 is 57.1 Å². The summed E-state index contributed by atoms with van der Waals surface area (Å²) in [6.45, 7) is -0.518. The lowest BCUT2D eigenvalue weighted by atomic mass is 9.96. The summed E-state index contributed by atoms with van der Waals surface area (Å²) in [6, 6.07) is 4.89. The Labute approximate surface area is 169 Å². The van der Waals surface area contributed by atoms with Gasteiger partial charge in [0.25, 0.3) is 5.91 Å². The van der Waals surface area contributed by atoms with Gasteiger partial charge >= 0.3 is 5.97 Å². The SMILES string of the molecule is N#Cc1c(NC(=O)COC(=O)c2cc(Cl)cc(Cl)c2N)sc2c1CCCC2. The molecule has 0 unspecified atom stereocenters. The van der Waals surface area contributed by atoms with Crippen molar-refractivity contribution in [3.05, 3.63) is 43.7 Å². The fourth-order valence-corrected chi connectivity index (χ4v) is 4.65. The van der Waals surface area contributed by atoms with E-state index in [-0.39, 0.29) is 21.3 Å². The van der Waals surface area contributed by atoms with Crippen LogP contribution in [0.25, 0.3) is 0 Å². The molecule has 9 heteroatoms. The van der Waals surface area contributed by atoms with Gasteiger partial charge in [0.05, 0.1) is 21.8 Å². The van der Waals surface area contributed by atoms with E-state index in [4.69, 9.17) is 33.7 Å². The van der Waals surface area contributed by atoms with Crippen LogP contribution in [0.3, 0.4) is 0 Å². The van der Waals surface area contributed by atoms with Gasteiger partial charge in [-0.2, -0.15) is 5.26 Å². The third kappa shape index (κ3) is 4.19. The molecule has 27 heavy (non-hydrogen) atoms. The van der Waals surface area contributed by atoms with E-state index in [2.05, 4.69) is 11.4 Å². The minimum absolute atomic E-state index is 0.00963. The average Bonchev–Trinajstić information content (AvgIpc) is 2.99. The summed E-state index contributed by atoms with van der Waals surface area (Å²) >= 11 is 13.2. The molecule has 1 aromatic heterocycles. The van der Waals surface area contributed by atoms with Crippen molar-refractivity contribution in [2.24, 2.45) is 0 Å². The summed E-state index contributed by atoms with van der Waals surface area (Å²) in [5.74, 6) is -1.34. The molecule has 1 heterocycles. The first kappa shape index (κ1) is 19.5. The number of esters is 1. The van der Waals surface area contributed by atoms with E-state index < -0.39 is 18.5 Å². The van der Waals surface area contributed by atoms with E-state index >= 15 is 0 Å². The number of hydrogen-bond donors (Lipinski definition) is 2. The number of nitrogens with one attached hydrogen (secondary N) is 1. The molecule has 2 aromatic rings. The molecule has 3 N–H and O–H groups in total. The molecular formula is C18H15Cl2N3O3S. The summed E-state index contributed by atoms with van der Waals surface area (Å²) in [4.78, 5) is 25.5. The molecule has 1 aliphatic carbocycles. The Kier molecular flexibility index (Phi) is 5.90. The molecule has 0 radical (unpaired) electrons. The van der Waals surface area contributed by atoms with Gasteiger partial charge < -0.3 is 15.8 Å². The fraction of sp³-hybridized carbons (Fsp3) is 0.278. The van der Waals surface area contributed by atoms with Gasteiger partial charge in [0.2, 0.25) is 0 Å². The Bertz CT molecular complexity index is 966. The second-order valence-corrected chi connectivity index (χ2v) is 7.95. The fourth-order valence-electron chi connectivity index (χ4n) is 2.90. The van der Waals surface area contributed by atoms with E-state index in [1.54, 1.807) is 0 Å². The Hall–Kier alpha value is -2.27. The number of ether oxygens (including phenoxy) is 1. The van der Waals surface area contributed by atoms with Crippen molar-refractivity contribution < 1.29 is 14.3 Å². The van der Waals surface area contributed by atoms with Gasteiger partial charge in [-0.15, -0.1) is 11.3 Å². The van der Waals surface area contributed by atoms with Gasteiger partial charge in [-0.1, -0.05) is 23.2 Å². The number of anilines is 2. The molecule has 1 aliphatic rings. The van der Waals surface area contributed by atoms with E-state index in [1.807, 2.05) is 0 Å². The normalized spacial score (nSPS) is 12.8. The van der Waals surface area contributed by atoms with Crippen molar-refractivity contribution in [1.29, 1.82) is 5.26 Å². The maximum absolute atomic E-state index is 12.2. The van der Waals surface area contributed by atoms with Crippen LogP contribution in [-0.4, -0.2) is 18.5 Å². The van der Waals surface area contributed by atoms with Crippen LogP contribution >= 0.6 is 34.5 Å². The first-order chi connectivity index (χ1) is 12.9. The summed E-state index contributed by atoms with van der Waals surface area (Å²) in [5.41, 5.74) is 7.29. The third-order valence-electron chi connectivity index (χ3n) is 4.18. The van der Waals surface area contributed by atoms with Crippen LogP contribution in [-0.2, 0) is 22.4 Å². The highest BCUT2D eigenvalue weighted by Crippen LogP contribution is 2.37. The predicted molar refractivity (Wildman–Crippen MR) is 105 cm³/mol. The van der Waals surface area contributed by atoms with Crippen LogP contribution in [0.5, 0.6) is 0 Å². The number of benzene rings is 1. The first-order valence-corrected chi connectivity index (χ1v) is 9.74. The zero-order valence-corrected chi connectivity index (χ0v) is 16.4. The number of hydrogen-bond acceptors (Lipinski definition) is 6. The number of nitrogen functional groups attached to an aromatic ring is 1. The van der Waals surface area contributed by atoms with Crippen LogP contribution in [0.2, 0.25) is 10.0 Å². The quantitative estimate of drug-likeness (QED) is 0.566. The lowest BCUT2D eigenvalue weighted by Gasteiger charge is -2.09. The summed E-state index contributed by atoms with van der Waals surface area (Å²) in [5, 5.41) is 12.9. The van der Waals surface area contributed by atoms with Gasteiger partial charge in [-0.05, 0) is 43.4 Å². The van der Waals surface area contributed by atoms with Crippen LogP contribution in [0.1, 0.15) is 39.2 Å². The van der Waals surface area contributed by atoms with Crippen molar-refractivity contribution in [2.75, 3.05) is 17.7 Å². The second kappa shape index (κ2) is 8.17. The molecular weight excluding hydrogens is 409 g/mol. The highest BCUT2D eigenvalue weighted by molar-refractivity contribution is 7.16. The Morgan fingerprint density at radius 2 is 2.04 bits per heavy atom. The van der Waals surface area contributed by atoms with E-state index in [0.29, 0.717) is 10.6 Å². The van der Waals surface area contributed by atoms with Crippen LogP contribution < -0.4 is 11.1 Å². The third-order valence-corrected chi connectivity index (χ3v) is 5.92. The minimum atomic E-state index is -0.807. The monoisotopic (exact) mass is 423 g/mol. The number of nitrogens with zero attached hydrogens (tertiary/aromatic N) is 1. The molecule has 0 saturated heterocycles. The van der Waals surface area contributed by atoms with Gasteiger partial charge in [0.15, 0.2) is 6.61 Å². The number of nitriles is 1. The van der Waals surface area contributed by atoms with Gasteiger partial charge in [-0.25, -0.2) is 4.79 Å². The Morgan fingerprint density at radius 1 is 1.30 bits per heavy atom. The number of carbonyl (C=O) groups excluding carboxylic acids is 2. The number of aryl methyl sites for hydroxylation is 1. The number of rotatable bonds is 4. The lowest BCUT2D eigenvalue weighted by Crippen LogP contribution is -2.21. The number of nitrogens with two attached hydrogens (primary N) is 1. The van der Waals surface area contributed by atoms with Crippen molar-refractivity contribution in [3.63, 3.8) is 0 Å². The summed E-state index contributed by atoms with van der Waals surface area (Å²) in [7, 11) is 0. The smallest absolute Gasteiger partial charge is 0.340 e. The lowest BCUT2D eigenvalue weighted by molar-refractivity contribution is -0.119. The predicted octanol–water partition coefficient (Wildman–Crippen LogP) is 4.18. The average molecular weight is 424 g/mol. The van der Waals surface area contributed by atoms with E-state index in [1.165, 1.54) is 23.5 Å². The van der Waals surface area contributed by atoms with Gasteiger partial charge in [0, 0.05) is 9.90 Å². The number of thiophene rings is 1. The summed E-state index contributed by atoms with van der Waals surface area (Å²) in [6.07, 6.45) is 3.86. The minimum Gasteiger partial charge on any atom is -0.452 e. The van der Waals surface area contributed by atoms with Crippen molar-refractivity contribution in [2.45, 2.75) is 25.7 Å². The number of halogens is 2. The maximum atomic E-state index is 12.2. The Morgan fingerprint density at radius 3 is 2.78 bits per heavy atom.